The molecule has 0 fully saturated rings. The third-order valence-corrected chi connectivity index (χ3v) is 2.69. The molecular formula is C16H16N2O2. The van der Waals surface area contributed by atoms with Gasteiger partial charge >= 0.3 is 0 Å². The predicted octanol–water partition coefficient (Wildman–Crippen LogP) is 2.79. The van der Waals surface area contributed by atoms with Crippen LogP contribution in [0, 0.1) is 11.3 Å². The SMILES string of the molecule is N#CCc1ccc(OCCOc2cccc(N)c2)cc1. The summed E-state index contributed by atoms with van der Waals surface area (Å²) < 4.78 is 11.1. The normalized spacial score (nSPS) is 9.75. The molecule has 0 saturated carbocycles. The van der Waals surface area contributed by atoms with E-state index in [0.29, 0.717) is 25.3 Å². The Morgan fingerprint density at radius 1 is 0.950 bits per heavy atom. The van der Waals surface area contributed by atoms with Crippen molar-refractivity contribution >= 4 is 5.69 Å². The van der Waals surface area contributed by atoms with Crippen molar-refractivity contribution < 1.29 is 9.47 Å². The van der Waals surface area contributed by atoms with E-state index in [2.05, 4.69) is 6.07 Å². The second kappa shape index (κ2) is 7.05. The topological polar surface area (TPSA) is 68.3 Å². The minimum Gasteiger partial charge on any atom is -0.490 e. The Balaban J connectivity index is 1.74. The van der Waals surface area contributed by atoms with Crippen LogP contribution in [0.2, 0.25) is 0 Å². The van der Waals surface area contributed by atoms with Gasteiger partial charge in [0.05, 0.1) is 12.5 Å². The van der Waals surface area contributed by atoms with Crippen molar-refractivity contribution in [2.24, 2.45) is 0 Å². The number of hydrogen-bond acceptors (Lipinski definition) is 4. The van der Waals surface area contributed by atoms with E-state index in [1.54, 1.807) is 6.07 Å². The van der Waals surface area contributed by atoms with Gasteiger partial charge in [-0.25, -0.2) is 0 Å². The smallest absolute Gasteiger partial charge is 0.122 e. The number of nitrogens with two attached hydrogens (primary N) is 1. The van der Waals surface area contributed by atoms with Crippen LogP contribution in [0.3, 0.4) is 0 Å². The van der Waals surface area contributed by atoms with Crippen molar-refractivity contribution in [3.05, 3.63) is 54.1 Å². The van der Waals surface area contributed by atoms with Gasteiger partial charge in [0.15, 0.2) is 0 Å². The van der Waals surface area contributed by atoms with E-state index in [-0.39, 0.29) is 0 Å². The third kappa shape index (κ3) is 4.21. The highest BCUT2D eigenvalue weighted by molar-refractivity contribution is 5.43. The molecule has 0 saturated heterocycles. The zero-order valence-corrected chi connectivity index (χ0v) is 11.1. The van der Waals surface area contributed by atoms with Crippen molar-refractivity contribution in [1.82, 2.24) is 0 Å². The molecule has 0 heterocycles. The van der Waals surface area contributed by atoms with Crippen molar-refractivity contribution in [2.45, 2.75) is 6.42 Å². The highest BCUT2D eigenvalue weighted by atomic mass is 16.5. The quantitative estimate of drug-likeness (QED) is 0.646. The molecule has 0 aromatic heterocycles. The molecule has 0 aliphatic rings. The fraction of sp³-hybridized carbons (Fsp3) is 0.188. The maximum atomic E-state index is 8.58. The van der Waals surface area contributed by atoms with E-state index in [4.69, 9.17) is 20.5 Å². The van der Waals surface area contributed by atoms with Gasteiger partial charge in [-0.2, -0.15) is 5.26 Å². The van der Waals surface area contributed by atoms with E-state index in [9.17, 15) is 0 Å². The Morgan fingerprint density at radius 3 is 2.30 bits per heavy atom. The number of rotatable bonds is 6. The number of nitrogens with zero attached hydrogens (tertiary/aromatic N) is 1. The molecule has 2 aromatic rings. The summed E-state index contributed by atoms with van der Waals surface area (Å²) in [6, 6.07) is 16.9. The summed E-state index contributed by atoms with van der Waals surface area (Å²) in [5, 5.41) is 8.58. The summed E-state index contributed by atoms with van der Waals surface area (Å²) in [7, 11) is 0. The molecule has 0 unspecified atom stereocenters. The van der Waals surface area contributed by atoms with Gasteiger partial charge in [0, 0.05) is 11.8 Å². The van der Waals surface area contributed by atoms with Gasteiger partial charge in [-0.05, 0) is 29.8 Å². The zero-order valence-electron chi connectivity index (χ0n) is 11.1. The summed E-state index contributed by atoms with van der Waals surface area (Å²) in [6.45, 7) is 0.899. The summed E-state index contributed by atoms with van der Waals surface area (Å²) >= 11 is 0. The predicted molar refractivity (Wildman–Crippen MR) is 77.6 cm³/mol. The van der Waals surface area contributed by atoms with Crippen molar-refractivity contribution in [1.29, 1.82) is 5.26 Å². The number of hydrogen-bond donors (Lipinski definition) is 1. The minimum atomic E-state index is 0.415. The van der Waals surface area contributed by atoms with Crippen LogP contribution in [0.5, 0.6) is 11.5 Å². The Hall–Kier alpha value is -2.67. The first-order valence-corrected chi connectivity index (χ1v) is 6.35. The van der Waals surface area contributed by atoms with Gasteiger partial charge in [-0.1, -0.05) is 18.2 Å². The summed E-state index contributed by atoms with van der Waals surface area (Å²) in [6.07, 6.45) is 0.415. The Morgan fingerprint density at radius 2 is 1.65 bits per heavy atom. The molecule has 0 aliphatic carbocycles. The molecule has 0 spiro atoms. The first-order valence-electron chi connectivity index (χ1n) is 6.35. The number of benzene rings is 2. The number of nitrogen functional groups attached to an aromatic ring is 1. The summed E-state index contributed by atoms with van der Waals surface area (Å²) in [5.74, 6) is 1.50. The van der Waals surface area contributed by atoms with E-state index in [1.165, 1.54) is 0 Å². The molecule has 0 bridgehead atoms. The highest BCUT2D eigenvalue weighted by Crippen LogP contribution is 2.15. The van der Waals surface area contributed by atoms with Crippen LogP contribution in [0.1, 0.15) is 5.56 Å². The fourth-order valence-electron chi connectivity index (χ4n) is 1.72. The monoisotopic (exact) mass is 268 g/mol. The molecule has 2 N–H and O–H groups in total. The van der Waals surface area contributed by atoms with Gasteiger partial charge in [-0.3, -0.25) is 0 Å². The average Bonchev–Trinajstić information content (AvgIpc) is 2.46. The highest BCUT2D eigenvalue weighted by Gasteiger charge is 1.97. The molecule has 0 amide bonds. The zero-order chi connectivity index (χ0) is 14.2. The molecule has 4 nitrogen and oxygen atoms in total. The molecule has 0 radical (unpaired) electrons. The summed E-state index contributed by atoms with van der Waals surface area (Å²) in [5.41, 5.74) is 7.32. The molecule has 2 rings (SSSR count). The first kappa shape index (κ1) is 13.8. The molecule has 4 heteroatoms. The van der Waals surface area contributed by atoms with Gasteiger partial charge < -0.3 is 15.2 Å². The number of anilines is 1. The maximum absolute atomic E-state index is 8.58. The van der Waals surface area contributed by atoms with E-state index < -0.39 is 0 Å². The Kier molecular flexibility index (Phi) is 4.85. The van der Waals surface area contributed by atoms with Gasteiger partial charge in [0.1, 0.15) is 24.7 Å². The lowest BCUT2D eigenvalue weighted by atomic mass is 10.2. The van der Waals surface area contributed by atoms with Crippen LogP contribution in [0.4, 0.5) is 5.69 Å². The van der Waals surface area contributed by atoms with Crippen molar-refractivity contribution in [3.8, 4) is 17.6 Å². The number of nitriles is 1. The van der Waals surface area contributed by atoms with Crippen molar-refractivity contribution in [3.63, 3.8) is 0 Å². The Bertz CT molecular complexity index is 588. The number of ether oxygens (including phenoxy) is 2. The lowest BCUT2D eigenvalue weighted by Gasteiger charge is -2.09. The van der Waals surface area contributed by atoms with Gasteiger partial charge in [0.2, 0.25) is 0 Å². The minimum absolute atomic E-state index is 0.415. The lowest BCUT2D eigenvalue weighted by Crippen LogP contribution is -2.09. The average molecular weight is 268 g/mol. The standard InChI is InChI=1S/C16H16N2O2/c17-9-8-13-4-6-15(7-5-13)19-10-11-20-16-3-1-2-14(18)12-16/h1-7,12H,8,10-11,18H2. The van der Waals surface area contributed by atoms with E-state index in [1.807, 2.05) is 42.5 Å². The maximum Gasteiger partial charge on any atom is 0.122 e. The van der Waals surface area contributed by atoms with Crippen LogP contribution >= 0.6 is 0 Å². The second-order valence-corrected chi connectivity index (χ2v) is 4.25. The van der Waals surface area contributed by atoms with Crippen LogP contribution in [-0.4, -0.2) is 13.2 Å². The first-order chi connectivity index (χ1) is 9.78. The van der Waals surface area contributed by atoms with Crippen LogP contribution in [0.25, 0.3) is 0 Å². The van der Waals surface area contributed by atoms with Crippen LogP contribution < -0.4 is 15.2 Å². The third-order valence-electron chi connectivity index (χ3n) is 2.69. The summed E-state index contributed by atoms with van der Waals surface area (Å²) in [4.78, 5) is 0. The molecule has 2 aromatic carbocycles. The molecule has 20 heavy (non-hydrogen) atoms. The molecular weight excluding hydrogens is 252 g/mol. The second-order valence-electron chi connectivity index (χ2n) is 4.25. The lowest BCUT2D eigenvalue weighted by molar-refractivity contribution is 0.217. The Labute approximate surface area is 118 Å². The van der Waals surface area contributed by atoms with E-state index >= 15 is 0 Å². The fourth-order valence-corrected chi connectivity index (χ4v) is 1.72. The van der Waals surface area contributed by atoms with Crippen LogP contribution in [-0.2, 0) is 6.42 Å². The van der Waals surface area contributed by atoms with Crippen LogP contribution in [0.15, 0.2) is 48.5 Å². The molecule has 0 atom stereocenters. The van der Waals surface area contributed by atoms with Gasteiger partial charge in [-0.15, -0.1) is 0 Å². The van der Waals surface area contributed by atoms with Crippen molar-refractivity contribution in [2.75, 3.05) is 18.9 Å². The molecule has 0 aliphatic heterocycles. The molecule has 102 valence electrons. The van der Waals surface area contributed by atoms with E-state index in [0.717, 1.165) is 17.1 Å². The largest absolute Gasteiger partial charge is 0.490 e. The van der Waals surface area contributed by atoms with Gasteiger partial charge in [0.25, 0.3) is 0 Å².